The van der Waals surface area contributed by atoms with Crippen LogP contribution in [0.25, 0.3) is 0 Å². The largest absolute Gasteiger partial charge is 0.345 e. The molecule has 3 aromatic rings. The Hall–Kier alpha value is -3.18. The molecule has 5 nitrogen and oxygen atoms in total. The maximum absolute atomic E-state index is 13.2. The molecule has 33 heavy (non-hydrogen) atoms. The molecule has 0 aliphatic carbocycles. The van der Waals surface area contributed by atoms with E-state index in [2.05, 4.69) is 5.32 Å². The van der Waals surface area contributed by atoms with Crippen LogP contribution in [-0.2, 0) is 0 Å². The van der Waals surface area contributed by atoms with Gasteiger partial charge in [0.25, 0.3) is 11.8 Å². The number of carbonyl (C=O) groups is 2. The van der Waals surface area contributed by atoms with E-state index in [1.165, 1.54) is 0 Å². The Labute approximate surface area is 199 Å². The van der Waals surface area contributed by atoms with Crippen LogP contribution in [0.4, 0.5) is 0 Å². The van der Waals surface area contributed by atoms with Crippen molar-refractivity contribution in [3.8, 4) is 0 Å². The number of amides is 2. The van der Waals surface area contributed by atoms with E-state index < -0.39 is 0 Å². The van der Waals surface area contributed by atoms with Crippen LogP contribution in [0.2, 0.25) is 5.02 Å². The molecule has 2 aromatic carbocycles. The summed E-state index contributed by atoms with van der Waals surface area (Å²) >= 11 is 6.05. The molecule has 2 amide bonds. The number of benzene rings is 2. The zero-order valence-corrected chi connectivity index (χ0v) is 19.7. The predicted molar refractivity (Wildman–Crippen MR) is 131 cm³/mol. The number of likely N-dealkylation sites (tertiary alicyclic amines) is 1. The third-order valence-electron chi connectivity index (χ3n) is 6.20. The smallest absolute Gasteiger partial charge is 0.253 e. The highest BCUT2D eigenvalue weighted by atomic mass is 35.5. The monoisotopic (exact) mass is 461 g/mol. The first kappa shape index (κ1) is 23.0. The fourth-order valence-corrected chi connectivity index (χ4v) is 4.53. The standard InChI is InChI=1S/C27H28ClN3O2/c1-18-11-12-24(26(32)30-19(2)20-7-4-3-5-8-20)25(29-18)21-13-15-31(16-14-21)27(33)22-9-6-10-23(28)17-22/h3-12,17,19,21H,13-16H2,1-2H3,(H,30,32). The van der Waals surface area contributed by atoms with Crippen LogP contribution in [0.3, 0.4) is 0 Å². The summed E-state index contributed by atoms with van der Waals surface area (Å²) in [6, 6.07) is 20.6. The van der Waals surface area contributed by atoms with E-state index in [4.69, 9.17) is 16.6 Å². The van der Waals surface area contributed by atoms with E-state index in [0.717, 1.165) is 29.8 Å². The summed E-state index contributed by atoms with van der Waals surface area (Å²) in [5.41, 5.74) is 3.98. The van der Waals surface area contributed by atoms with E-state index in [-0.39, 0.29) is 23.8 Å². The van der Waals surface area contributed by atoms with Crippen molar-refractivity contribution in [2.45, 2.75) is 38.6 Å². The summed E-state index contributed by atoms with van der Waals surface area (Å²) in [6.07, 6.45) is 1.52. The van der Waals surface area contributed by atoms with Gasteiger partial charge in [0.1, 0.15) is 0 Å². The van der Waals surface area contributed by atoms with Gasteiger partial charge in [-0.05, 0) is 62.6 Å². The van der Waals surface area contributed by atoms with Crippen molar-refractivity contribution in [2.24, 2.45) is 0 Å². The van der Waals surface area contributed by atoms with Crippen LogP contribution >= 0.6 is 11.6 Å². The number of rotatable bonds is 5. The Morgan fingerprint density at radius 3 is 2.45 bits per heavy atom. The average Bonchev–Trinajstić information content (AvgIpc) is 2.84. The quantitative estimate of drug-likeness (QED) is 0.541. The molecule has 1 unspecified atom stereocenters. The summed E-state index contributed by atoms with van der Waals surface area (Å²) in [5.74, 6) is -0.00446. The maximum Gasteiger partial charge on any atom is 0.253 e. The van der Waals surface area contributed by atoms with Gasteiger partial charge in [0.2, 0.25) is 0 Å². The lowest BCUT2D eigenvalue weighted by molar-refractivity contribution is 0.0710. The first-order valence-corrected chi connectivity index (χ1v) is 11.7. The average molecular weight is 462 g/mol. The Morgan fingerprint density at radius 2 is 1.76 bits per heavy atom. The lowest BCUT2D eigenvalue weighted by atomic mass is 9.89. The van der Waals surface area contributed by atoms with E-state index >= 15 is 0 Å². The van der Waals surface area contributed by atoms with Gasteiger partial charge in [-0.15, -0.1) is 0 Å². The van der Waals surface area contributed by atoms with Gasteiger partial charge in [0.15, 0.2) is 0 Å². The number of pyridine rings is 1. The Balaban J connectivity index is 1.47. The molecule has 4 rings (SSSR count). The van der Waals surface area contributed by atoms with Crippen molar-refractivity contribution in [1.29, 1.82) is 0 Å². The van der Waals surface area contributed by atoms with Crippen molar-refractivity contribution in [1.82, 2.24) is 15.2 Å². The lowest BCUT2D eigenvalue weighted by Gasteiger charge is -2.32. The molecule has 0 spiro atoms. The molecule has 6 heteroatoms. The Morgan fingerprint density at radius 1 is 1.03 bits per heavy atom. The van der Waals surface area contributed by atoms with Gasteiger partial charge in [-0.3, -0.25) is 14.6 Å². The second-order valence-corrected chi connectivity index (χ2v) is 9.00. The number of aryl methyl sites for hydroxylation is 1. The second kappa shape index (κ2) is 10.2. The topological polar surface area (TPSA) is 62.3 Å². The van der Waals surface area contributed by atoms with E-state index in [0.29, 0.717) is 29.2 Å². The summed E-state index contributed by atoms with van der Waals surface area (Å²) in [7, 11) is 0. The fraction of sp³-hybridized carbons (Fsp3) is 0.296. The molecule has 170 valence electrons. The molecule has 1 fully saturated rings. The molecule has 0 saturated carbocycles. The number of hydrogen-bond donors (Lipinski definition) is 1. The second-order valence-electron chi connectivity index (χ2n) is 8.57. The molecular weight excluding hydrogens is 434 g/mol. The minimum Gasteiger partial charge on any atom is -0.345 e. The van der Waals surface area contributed by atoms with Gasteiger partial charge in [0.05, 0.1) is 17.3 Å². The highest BCUT2D eigenvalue weighted by molar-refractivity contribution is 6.30. The van der Waals surface area contributed by atoms with E-state index in [1.807, 2.05) is 61.2 Å². The van der Waals surface area contributed by atoms with Crippen molar-refractivity contribution in [2.75, 3.05) is 13.1 Å². The molecule has 1 aromatic heterocycles. The van der Waals surface area contributed by atoms with Crippen LogP contribution in [0.15, 0.2) is 66.7 Å². The van der Waals surface area contributed by atoms with E-state index in [9.17, 15) is 9.59 Å². The predicted octanol–water partition coefficient (Wildman–Crippen LogP) is 5.55. The number of hydrogen-bond acceptors (Lipinski definition) is 3. The summed E-state index contributed by atoms with van der Waals surface area (Å²) in [4.78, 5) is 32.6. The van der Waals surface area contributed by atoms with Gasteiger partial charge in [-0.1, -0.05) is 48.0 Å². The van der Waals surface area contributed by atoms with Crippen molar-refractivity contribution in [3.05, 3.63) is 99.8 Å². The highest BCUT2D eigenvalue weighted by Crippen LogP contribution is 2.30. The number of halogens is 1. The van der Waals surface area contributed by atoms with Crippen LogP contribution in [-0.4, -0.2) is 34.8 Å². The SMILES string of the molecule is Cc1ccc(C(=O)NC(C)c2ccccc2)c(C2CCN(C(=O)c3cccc(Cl)c3)CC2)n1. The number of piperidine rings is 1. The van der Waals surface area contributed by atoms with Crippen molar-refractivity contribution >= 4 is 23.4 Å². The third-order valence-corrected chi connectivity index (χ3v) is 6.43. The minimum absolute atomic E-state index is 0.0113. The van der Waals surface area contributed by atoms with Gasteiger partial charge in [0, 0.05) is 35.3 Å². The van der Waals surface area contributed by atoms with Crippen LogP contribution in [0.5, 0.6) is 0 Å². The third kappa shape index (κ3) is 5.42. The molecule has 1 aliphatic heterocycles. The molecule has 2 heterocycles. The van der Waals surface area contributed by atoms with Gasteiger partial charge in [-0.2, -0.15) is 0 Å². The number of aromatic nitrogens is 1. The van der Waals surface area contributed by atoms with Crippen LogP contribution in [0, 0.1) is 6.92 Å². The highest BCUT2D eigenvalue weighted by Gasteiger charge is 2.28. The first-order valence-electron chi connectivity index (χ1n) is 11.3. The minimum atomic E-state index is -0.119. The van der Waals surface area contributed by atoms with Crippen LogP contribution in [0.1, 0.15) is 69.4 Å². The van der Waals surface area contributed by atoms with Gasteiger partial charge in [-0.25, -0.2) is 0 Å². The molecule has 0 radical (unpaired) electrons. The first-order chi connectivity index (χ1) is 15.9. The number of nitrogens with zero attached hydrogens (tertiary/aromatic N) is 2. The molecule has 0 bridgehead atoms. The van der Waals surface area contributed by atoms with Crippen molar-refractivity contribution in [3.63, 3.8) is 0 Å². The Kier molecular flexibility index (Phi) is 7.09. The number of carbonyl (C=O) groups excluding carboxylic acids is 2. The summed E-state index contributed by atoms with van der Waals surface area (Å²) < 4.78 is 0. The molecule has 1 atom stereocenters. The maximum atomic E-state index is 13.2. The normalized spacial score (nSPS) is 15.2. The van der Waals surface area contributed by atoms with Crippen molar-refractivity contribution < 1.29 is 9.59 Å². The van der Waals surface area contributed by atoms with Crippen LogP contribution < -0.4 is 5.32 Å². The molecule has 1 aliphatic rings. The fourth-order valence-electron chi connectivity index (χ4n) is 4.34. The zero-order valence-electron chi connectivity index (χ0n) is 18.9. The zero-order chi connectivity index (χ0) is 23.4. The summed E-state index contributed by atoms with van der Waals surface area (Å²) in [5, 5.41) is 3.66. The molecular formula is C27H28ClN3O2. The Bertz CT molecular complexity index is 1140. The number of nitrogens with one attached hydrogen (secondary N) is 1. The molecule has 1 saturated heterocycles. The lowest BCUT2D eigenvalue weighted by Crippen LogP contribution is -2.38. The van der Waals surface area contributed by atoms with Gasteiger partial charge < -0.3 is 10.2 Å². The molecule has 1 N–H and O–H groups in total. The van der Waals surface area contributed by atoms with Gasteiger partial charge >= 0.3 is 0 Å². The summed E-state index contributed by atoms with van der Waals surface area (Å²) in [6.45, 7) is 5.16. The van der Waals surface area contributed by atoms with E-state index in [1.54, 1.807) is 24.3 Å².